The molecular weight excluding hydrogens is 243 g/mol. The van der Waals surface area contributed by atoms with Crippen LogP contribution in [0.5, 0.6) is 0 Å². The van der Waals surface area contributed by atoms with Crippen molar-refractivity contribution in [2.75, 3.05) is 13.1 Å². The van der Waals surface area contributed by atoms with Crippen molar-refractivity contribution in [3.05, 3.63) is 35.9 Å². The van der Waals surface area contributed by atoms with Gasteiger partial charge in [-0.15, -0.1) is 0 Å². The summed E-state index contributed by atoms with van der Waals surface area (Å²) in [4.78, 5) is 4.60. The molecule has 0 atom stereocenters. The molecule has 0 spiro atoms. The summed E-state index contributed by atoms with van der Waals surface area (Å²) in [6.07, 6.45) is 2.12. The third kappa shape index (κ3) is 2.51. The fourth-order valence-corrected chi connectivity index (χ4v) is 2.54. The van der Waals surface area contributed by atoms with E-state index in [1.54, 1.807) is 10.7 Å². The highest BCUT2D eigenvalue weighted by molar-refractivity contribution is 5.55. The van der Waals surface area contributed by atoms with E-state index in [0.29, 0.717) is 5.92 Å². The lowest BCUT2D eigenvalue weighted by Gasteiger charge is -2.19. The first-order valence-electron chi connectivity index (χ1n) is 6.61. The van der Waals surface area contributed by atoms with Gasteiger partial charge in [0.05, 0.1) is 0 Å². The highest BCUT2D eigenvalue weighted by Gasteiger charge is 2.21. The third-order valence-corrected chi connectivity index (χ3v) is 3.57. The molecule has 0 saturated carbocycles. The van der Waals surface area contributed by atoms with E-state index < -0.39 is 0 Å². The Morgan fingerprint density at radius 1 is 1.32 bits per heavy atom. The maximum absolute atomic E-state index is 13.3. The summed E-state index contributed by atoms with van der Waals surface area (Å²) in [5.41, 5.74) is 0.773. The van der Waals surface area contributed by atoms with Crippen LogP contribution in [0.2, 0.25) is 0 Å². The van der Waals surface area contributed by atoms with Crippen molar-refractivity contribution in [2.24, 2.45) is 7.05 Å². The van der Waals surface area contributed by atoms with Crippen LogP contribution in [0.3, 0.4) is 0 Å². The van der Waals surface area contributed by atoms with E-state index in [1.165, 1.54) is 12.1 Å². The molecule has 4 nitrogen and oxygen atoms in total. The van der Waals surface area contributed by atoms with Gasteiger partial charge in [-0.1, -0.05) is 12.1 Å². The molecule has 1 aliphatic rings. The Kier molecular flexibility index (Phi) is 3.29. The zero-order valence-electron chi connectivity index (χ0n) is 10.9. The topological polar surface area (TPSA) is 42.7 Å². The first kappa shape index (κ1) is 12.3. The number of rotatable bonds is 2. The summed E-state index contributed by atoms with van der Waals surface area (Å²) >= 11 is 0. The number of hydrogen-bond donors (Lipinski definition) is 1. The van der Waals surface area contributed by atoms with Crippen LogP contribution >= 0.6 is 0 Å². The Hall–Kier alpha value is -1.75. The van der Waals surface area contributed by atoms with Crippen LogP contribution in [0.4, 0.5) is 4.39 Å². The van der Waals surface area contributed by atoms with E-state index in [1.807, 2.05) is 13.1 Å². The molecule has 1 aliphatic heterocycles. The van der Waals surface area contributed by atoms with Gasteiger partial charge in [-0.2, -0.15) is 5.10 Å². The second-order valence-corrected chi connectivity index (χ2v) is 4.95. The normalized spacial score (nSPS) is 16.7. The number of nitrogens with zero attached hydrogens (tertiary/aromatic N) is 3. The van der Waals surface area contributed by atoms with Gasteiger partial charge in [-0.05, 0) is 38.1 Å². The SMILES string of the molecule is Cn1nc(C2CCNCC2)nc1-c1cccc(F)c1. The van der Waals surface area contributed by atoms with Crippen molar-refractivity contribution in [3.8, 4) is 11.4 Å². The summed E-state index contributed by atoms with van der Waals surface area (Å²) in [6.45, 7) is 2.02. The van der Waals surface area contributed by atoms with Crippen molar-refractivity contribution >= 4 is 0 Å². The molecule has 2 heterocycles. The van der Waals surface area contributed by atoms with Crippen LogP contribution in [0.15, 0.2) is 24.3 Å². The quantitative estimate of drug-likeness (QED) is 0.899. The molecule has 0 bridgehead atoms. The molecule has 0 radical (unpaired) electrons. The number of hydrogen-bond acceptors (Lipinski definition) is 3. The van der Waals surface area contributed by atoms with Gasteiger partial charge in [0.15, 0.2) is 11.6 Å². The number of halogens is 1. The van der Waals surface area contributed by atoms with Gasteiger partial charge in [-0.25, -0.2) is 14.1 Å². The first-order valence-corrected chi connectivity index (χ1v) is 6.61. The number of piperidine rings is 1. The molecule has 1 aromatic carbocycles. The van der Waals surface area contributed by atoms with Crippen LogP contribution in [0, 0.1) is 5.82 Å². The standard InChI is InChI=1S/C14H17FN4/c1-19-14(11-3-2-4-12(15)9-11)17-13(18-19)10-5-7-16-8-6-10/h2-4,9-10,16H,5-8H2,1H3. The molecule has 0 unspecified atom stereocenters. The fourth-order valence-electron chi connectivity index (χ4n) is 2.54. The fraction of sp³-hybridized carbons (Fsp3) is 0.429. The molecule has 1 saturated heterocycles. The van der Waals surface area contributed by atoms with E-state index in [9.17, 15) is 4.39 Å². The Labute approximate surface area is 111 Å². The average molecular weight is 260 g/mol. The second-order valence-electron chi connectivity index (χ2n) is 4.95. The zero-order chi connectivity index (χ0) is 13.2. The molecule has 100 valence electrons. The summed E-state index contributed by atoms with van der Waals surface area (Å²) in [6, 6.07) is 6.49. The van der Waals surface area contributed by atoms with Gasteiger partial charge in [0.2, 0.25) is 0 Å². The minimum absolute atomic E-state index is 0.246. The number of aromatic nitrogens is 3. The van der Waals surface area contributed by atoms with Gasteiger partial charge in [0.25, 0.3) is 0 Å². The third-order valence-electron chi connectivity index (χ3n) is 3.57. The Bertz CT molecular complexity index is 573. The first-order chi connectivity index (χ1) is 9.24. The Morgan fingerprint density at radius 2 is 2.11 bits per heavy atom. The summed E-state index contributed by atoms with van der Waals surface area (Å²) in [7, 11) is 1.86. The molecular formula is C14H17FN4. The van der Waals surface area contributed by atoms with E-state index in [0.717, 1.165) is 43.1 Å². The molecule has 0 amide bonds. The van der Waals surface area contributed by atoms with Crippen molar-refractivity contribution in [3.63, 3.8) is 0 Å². The lowest BCUT2D eigenvalue weighted by molar-refractivity contribution is 0.443. The highest BCUT2D eigenvalue weighted by Crippen LogP contribution is 2.25. The summed E-state index contributed by atoms with van der Waals surface area (Å²) in [5, 5.41) is 7.83. The van der Waals surface area contributed by atoms with Crippen LogP contribution in [-0.4, -0.2) is 27.9 Å². The van der Waals surface area contributed by atoms with Gasteiger partial charge in [0, 0.05) is 18.5 Å². The predicted octanol–water partition coefficient (Wildman–Crippen LogP) is 2.09. The molecule has 1 fully saturated rings. The number of nitrogens with one attached hydrogen (secondary N) is 1. The summed E-state index contributed by atoms with van der Waals surface area (Å²) < 4.78 is 15.0. The van der Waals surface area contributed by atoms with Crippen LogP contribution < -0.4 is 5.32 Å². The second kappa shape index (κ2) is 5.09. The molecule has 2 aromatic rings. The van der Waals surface area contributed by atoms with E-state index in [4.69, 9.17) is 0 Å². The number of benzene rings is 1. The van der Waals surface area contributed by atoms with Crippen molar-refractivity contribution in [1.29, 1.82) is 0 Å². The zero-order valence-corrected chi connectivity index (χ0v) is 10.9. The lowest BCUT2D eigenvalue weighted by Crippen LogP contribution is -2.27. The predicted molar refractivity (Wildman–Crippen MR) is 71.2 cm³/mol. The molecule has 1 N–H and O–H groups in total. The molecule has 1 aromatic heterocycles. The largest absolute Gasteiger partial charge is 0.317 e. The van der Waals surface area contributed by atoms with Gasteiger partial charge in [-0.3, -0.25) is 0 Å². The minimum Gasteiger partial charge on any atom is -0.317 e. The maximum atomic E-state index is 13.3. The summed E-state index contributed by atoms with van der Waals surface area (Å²) in [5.74, 6) is 1.77. The Balaban J connectivity index is 1.92. The van der Waals surface area contributed by atoms with Crippen LogP contribution in [0.25, 0.3) is 11.4 Å². The molecule has 0 aliphatic carbocycles. The lowest BCUT2D eigenvalue weighted by atomic mass is 9.98. The van der Waals surface area contributed by atoms with Gasteiger partial charge in [0.1, 0.15) is 5.82 Å². The van der Waals surface area contributed by atoms with Crippen LogP contribution in [0.1, 0.15) is 24.6 Å². The smallest absolute Gasteiger partial charge is 0.158 e. The monoisotopic (exact) mass is 260 g/mol. The van der Waals surface area contributed by atoms with Gasteiger partial charge < -0.3 is 5.32 Å². The van der Waals surface area contributed by atoms with E-state index >= 15 is 0 Å². The minimum atomic E-state index is -0.246. The maximum Gasteiger partial charge on any atom is 0.158 e. The average Bonchev–Trinajstić information content (AvgIpc) is 2.82. The van der Waals surface area contributed by atoms with Crippen LogP contribution in [-0.2, 0) is 7.05 Å². The highest BCUT2D eigenvalue weighted by atomic mass is 19.1. The van der Waals surface area contributed by atoms with Gasteiger partial charge >= 0.3 is 0 Å². The molecule has 5 heteroatoms. The Morgan fingerprint density at radius 3 is 2.84 bits per heavy atom. The van der Waals surface area contributed by atoms with Crippen molar-refractivity contribution in [2.45, 2.75) is 18.8 Å². The molecule has 19 heavy (non-hydrogen) atoms. The number of aryl methyl sites for hydroxylation is 1. The van der Waals surface area contributed by atoms with E-state index in [2.05, 4.69) is 15.4 Å². The van der Waals surface area contributed by atoms with Crippen molar-refractivity contribution < 1.29 is 4.39 Å². The van der Waals surface area contributed by atoms with E-state index in [-0.39, 0.29) is 5.82 Å². The molecule has 3 rings (SSSR count). The van der Waals surface area contributed by atoms with Crippen molar-refractivity contribution in [1.82, 2.24) is 20.1 Å².